The van der Waals surface area contributed by atoms with Crippen molar-refractivity contribution in [1.29, 1.82) is 0 Å². The van der Waals surface area contributed by atoms with Gasteiger partial charge in [-0.25, -0.2) is 9.67 Å². The smallest absolute Gasteiger partial charge is 0.269 e. The predicted molar refractivity (Wildman–Crippen MR) is 81.4 cm³/mol. The molecule has 1 N–H and O–H groups in total. The summed E-state index contributed by atoms with van der Waals surface area (Å²) in [6.07, 6.45) is 2.09. The Hall–Kier alpha value is -2.28. The van der Waals surface area contributed by atoms with E-state index in [-0.39, 0.29) is 22.7 Å². The third kappa shape index (κ3) is 2.85. The summed E-state index contributed by atoms with van der Waals surface area (Å²) < 4.78 is 1.97. The van der Waals surface area contributed by atoms with Crippen molar-refractivity contribution in [3.63, 3.8) is 0 Å². The topological polar surface area (TPSA) is 85.9 Å². The maximum atomic E-state index is 10.7. The van der Waals surface area contributed by atoms with Crippen molar-refractivity contribution < 1.29 is 4.92 Å². The third-order valence-electron chi connectivity index (χ3n) is 4.04. The van der Waals surface area contributed by atoms with Crippen LogP contribution in [0.25, 0.3) is 0 Å². The first-order valence-corrected chi connectivity index (χ1v) is 7.46. The standard InChI is InChI=1S/C15H19N5O2/c1-10(12-5-7-13(8-6-12)20(21)22)16-14-4-3-9-19-15(14)17-11(2)18-19/h5-8,10,14,16H,3-4,9H2,1-2H3. The first-order valence-electron chi connectivity index (χ1n) is 7.46. The van der Waals surface area contributed by atoms with E-state index in [0.717, 1.165) is 36.6 Å². The molecule has 0 saturated heterocycles. The minimum Gasteiger partial charge on any atom is -0.301 e. The van der Waals surface area contributed by atoms with E-state index in [1.54, 1.807) is 24.3 Å². The van der Waals surface area contributed by atoms with Gasteiger partial charge in [0, 0.05) is 24.7 Å². The lowest BCUT2D eigenvalue weighted by Crippen LogP contribution is -2.30. The van der Waals surface area contributed by atoms with Crippen molar-refractivity contribution in [3.05, 3.63) is 51.6 Å². The normalized spacial score (nSPS) is 18.7. The minimum absolute atomic E-state index is 0.0920. The number of nitrogens with zero attached hydrogens (tertiary/aromatic N) is 4. The van der Waals surface area contributed by atoms with Gasteiger partial charge in [-0.3, -0.25) is 10.1 Å². The van der Waals surface area contributed by atoms with E-state index in [1.165, 1.54) is 0 Å². The molecule has 7 heteroatoms. The quantitative estimate of drug-likeness (QED) is 0.693. The van der Waals surface area contributed by atoms with Crippen LogP contribution >= 0.6 is 0 Å². The van der Waals surface area contributed by atoms with E-state index in [0.29, 0.717) is 0 Å². The van der Waals surface area contributed by atoms with Crippen LogP contribution in [0.3, 0.4) is 0 Å². The molecule has 3 rings (SSSR count). The predicted octanol–water partition coefficient (Wildman–Crippen LogP) is 2.68. The fourth-order valence-corrected chi connectivity index (χ4v) is 2.91. The number of hydrogen-bond acceptors (Lipinski definition) is 5. The Kier molecular flexibility index (Phi) is 3.89. The number of nitro benzene ring substituents is 1. The van der Waals surface area contributed by atoms with Crippen LogP contribution in [0.1, 0.15) is 49.1 Å². The number of aromatic nitrogens is 3. The Morgan fingerprint density at radius 2 is 2.14 bits per heavy atom. The number of benzene rings is 1. The summed E-state index contributed by atoms with van der Waals surface area (Å²) in [5.74, 6) is 1.78. The van der Waals surface area contributed by atoms with Gasteiger partial charge in [0.05, 0.1) is 11.0 Å². The van der Waals surface area contributed by atoms with Gasteiger partial charge in [0.2, 0.25) is 0 Å². The molecule has 0 radical (unpaired) electrons. The van der Waals surface area contributed by atoms with Crippen LogP contribution in [0.15, 0.2) is 24.3 Å². The van der Waals surface area contributed by atoms with Gasteiger partial charge < -0.3 is 5.32 Å². The second-order valence-electron chi connectivity index (χ2n) is 5.67. The number of hydrogen-bond donors (Lipinski definition) is 1. The van der Waals surface area contributed by atoms with Gasteiger partial charge in [0.25, 0.3) is 5.69 Å². The SMILES string of the molecule is Cc1nc2n(n1)CCCC2NC(C)c1ccc([N+](=O)[O-])cc1. The molecule has 0 aliphatic carbocycles. The average Bonchev–Trinajstić information content (AvgIpc) is 2.88. The van der Waals surface area contributed by atoms with Gasteiger partial charge >= 0.3 is 0 Å². The van der Waals surface area contributed by atoms with Crippen molar-refractivity contribution in [2.24, 2.45) is 0 Å². The summed E-state index contributed by atoms with van der Waals surface area (Å²) in [6, 6.07) is 6.94. The van der Waals surface area contributed by atoms with E-state index in [9.17, 15) is 10.1 Å². The van der Waals surface area contributed by atoms with Crippen LogP contribution in [0.4, 0.5) is 5.69 Å². The highest BCUT2D eigenvalue weighted by molar-refractivity contribution is 5.34. The van der Waals surface area contributed by atoms with Gasteiger partial charge in [0.1, 0.15) is 11.6 Å². The maximum Gasteiger partial charge on any atom is 0.269 e. The maximum absolute atomic E-state index is 10.7. The molecule has 0 fully saturated rings. The second-order valence-corrected chi connectivity index (χ2v) is 5.67. The number of aryl methyl sites for hydroxylation is 2. The minimum atomic E-state index is -0.381. The van der Waals surface area contributed by atoms with Gasteiger partial charge in [-0.1, -0.05) is 12.1 Å². The molecule has 2 atom stereocenters. The second kappa shape index (κ2) is 5.84. The third-order valence-corrected chi connectivity index (χ3v) is 4.04. The lowest BCUT2D eigenvalue weighted by Gasteiger charge is -2.26. The molecule has 2 unspecified atom stereocenters. The van der Waals surface area contributed by atoms with Crippen molar-refractivity contribution in [2.75, 3.05) is 0 Å². The Labute approximate surface area is 128 Å². The first kappa shape index (κ1) is 14.6. The number of non-ortho nitro benzene ring substituents is 1. The number of rotatable bonds is 4. The van der Waals surface area contributed by atoms with Gasteiger partial charge in [-0.2, -0.15) is 5.10 Å². The van der Waals surface area contributed by atoms with Crippen molar-refractivity contribution in [2.45, 2.75) is 45.3 Å². The van der Waals surface area contributed by atoms with Crippen LogP contribution in [-0.4, -0.2) is 19.7 Å². The van der Waals surface area contributed by atoms with Gasteiger partial charge in [0.15, 0.2) is 0 Å². The molecule has 2 aromatic rings. The zero-order valence-corrected chi connectivity index (χ0v) is 12.7. The first-order chi connectivity index (χ1) is 10.5. The monoisotopic (exact) mass is 301 g/mol. The van der Waals surface area contributed by atoms with E-state index < -0.39 is 0 Å². The molecule has 0 bridgehead atoms. The fourth-order valence-electron chi connectivity index (χ4n) is 2.91. The van der Waals surface area contributed by atoms with Crippen LogP contribution in [0.2, 0.25) is 0 Å². The lowest BCUT2D eigenvalue weighted by atomic mass is 10.0. The molecule has 22 heavy (non-hydrogen) atoms. The van der Waals surface area contributed by atoms with Crippen molar-refractivity contribution in [1.82, 2.24) is 20.1 Å². The summed E-state index contributed by atoms with van der Waals surface area (Å²) in [5, 5.41) is 18.7. The van der Waals surface area contributed by atoms with E-state index in [2.05, 4.69) is 22.3 Å². The van der Waals surface area contributed by atoms with Crippen LogP contribution in [-0.2, 0) is 6.54 Å². The molecule has 0 spiro atoms. The molecule has 1 aliphatic heterocycles. The summed E-state index contributed by atoms with van der Waals surface area (Å²) in [4.78, 5) is 14.8. The van der Waals surface area contributed by atoms with E-state index in [1.807, 2.05) is 11.6 Å². The average molecular weight is 301 g/mol. The fraction of sp³-hybridized carbons (Fsp3) is 0.467. The summed E-state index contributed by atoms with van der Waals surface area (Å²) >= 11 is 0. The highest BCUT2D eigenvalue weighted by atomic mass is 16.6. The van der Waals surface area contributed by atoms with Crippen LogP contribution < -0.4 is 5.32 Å². The Morgan fingerprint density at radius 3 is 2.82 bits per heavy atom. The van der Waals surface area contributed by atoms with Crippen molar-refractivity contribution in [3.8, 4) is 0 Å². The lowest BCUT2D eigenvalue weighted by molar-refractivity contribution is -0.384. The molecule has 1 aromatic heterocycles. The van der Waals surface area contributed by atoms with Gasteiger partial charge in [-0.15, -0.1) is 0 Å². The molecule has 0 saturated carbocycles. The molecule has 1 aromatic carbocycles. The summed E-state index contributed by atoms with van der Waals surface area (Å²) in [5.41, 5.74) is 1.14. The Balaban J connectivity index is 1.74. The molecule has 2 heterocycles. The highest BCUT2D eigenvalue weighted by Gasteiger charge is 2.25. The zero-order chi connectivity index (χ0) is 15.7. The number of nitrogens with one attached hydrogen (secondary N) is 1. The number of fused-ring (bicyclic) bond motifs is 1. The van der Waals surface area contributed by atoms with Crippen LogP contribution in [0, 0.1) is 17.0 Å². The molecule has 116 valence electrons. The Morgan fingerprint density at radius 1 is 1.41 bits per heavy atom. The van der Waals surface area contributed by atoms with E-state index >= 15 is 0 Å². The number of nitro groups is 1. The molecule has 1 aliphatic rings. The highest BCUT2D eigenvalue weighted by Crippen LogP contribution is 2.27. The zero-order valence-electron chi connectivity index (χ0n) is 12.7. The Bertz CT molecular complexity index is 680. The molecule has 7 nitrogen and oxygen atoms in total. The largest absolute Gasteiger partial charge is 0.301 e. The molecular weight excluding hydrogens is 282 g/mol. The van der Waals surface area contributed by atoms with Crippen LogP contribution in [0.5, 0.6) is 0 Å². The van der Waals surface area contributed by atoms with Crippen molar-refractivity contribution >= 4 is 5.69 Å². The molecular formula is C15H19N5O2. The summed E-state index contributed by atoms with van der Waals surface area (Å²) in [7, 11) is 0. The van der Waals surface area contributed by atoms with Gasteiger partial charge in [-0.05, 0) is 32.3 Å². The molecule has 0 amide bonds. The summed E-state index contributed by atoms with van der Waals surface area (Å²) in [6.45, 7) is 4.88. The van der Waals surface area contributed by atoms with E-state index in [4.69, 9.17) is 0 Å².